The molecule has 0 aromatic carbocycles. The van der Waals surface area contributed by atoms with E-state index in [0.29, 0.717) is 11.9 Å². The molecule has 0 saturated carbocycles. The van der Waals surface area contributed by atoms with Crippen molar-refractivity contribution in [2.45, 2.75) is 31.7 Å². The number of piperidine rings is 1. The maximum Gasteiger partial charge on any atom is 0.165 e. The third-order valence-corrected chi connectivity index (χ3v) is 4.25. The van der Waals surface area contributed by atoms with E-state index in [4.69, 9.17) is 0 Å². The fourth-order valence-corrected chi connectivity index (χ4v) is 3.24. The summed E-state index contributed by atoms with van der Waals surface area (Å²) in [5.41, 5.74) is 0. The molecule has 0 bridgehead atoms. The van der Waals surface area contributed by atoms with Gasteiger partial charge < -0.3 is 10.2 Å². The number of rotatable bonds is 2. The second-order valence-corrected chi connectivity index (χ2v) is 5.34. The Morgan fingerprint density at radius 3 is 2.78 bits per heavy atom. The van der Waals surface area contributed by atoms with E-state index < -0.39 is 0 Å². The van der Waals surface area contributed by atoms with Gasteiger partial charge in [0.1, 0.15) is 0 Å². The Balaban J connectivity index is 1.61. The van der Waals surface area contributed by atoms with Crippen molar-refractivity contribution in [3.8, 4) is 0 Å². The minimum absolute atomic E-state index is 0.199. The van der Waals surface area contributed by atoms with Gasteiger partial charge in [0, 0.05) is 25.3 Å². The molecule has 2 aliphatic heterocycles. The van der Waals surface area contributed by atoms with Crippen LogP contribution in [0.3, 0.4) is 0 Å². The third kappa shape index (κ3) is 2.34. The molecule has 1 aromatic rings. The Bertz CT molecular complexity index is 396. The van der Waals surface area contributed by atoms with Crippen molar-refractivity contribution < 1.29 is 4.39 Å². The van der Waals surface area contributed by atoms with Crippen molar-refractivity contribution in [2.75, 3.05) is 24.5 Å². The van der Waals surface area contributed by atoms with Crippen molar-refractivity contribution in [2.24, 2.45) is 5.92 Å². The van der Waals surface area contributed by atoms with Crippen molar-refractivity contribution >= 4 is 5.82 Å². The Morgan fingerprint density at radius 2 is 2.11 bits per heavy atom. The molecule has 3 heterocycles. The minimum atomic E-state index is -0.199. The summed E-state index contributed by atoms with van der Waals surface area (Å²) in [7, 11) is 0. The lowest BCUT2D eigenvalue weighted by atomic mass is 9.88. The Hall–Kier alpha value is -1.16. The first kappa shape index (κ1) is 11.9. The smallest absolute Gasteiger partial charge is 0.165 e. The molecule has 2 saturated heterocycles. The zero-order chi connectivity index (χ0) is 12.4. The van der Waals surface area contributed by atoms with Crippen LogP contribution >= 0.6 is 0 Å². The SMILES string of the molecule is Fc1cccnc1N1CCC(C2CCCN2)CC1. The van der Waals surface area contributed by atoms with Gasteiger partial charge in [0.15, 0.2) is 11.6 Å². The van der Waals surface area contributed by atoms with Gasteiger partial charge in [0.2, 0.25) is 0 Å². The fourth-order valence-electron chi connectivity index (χ4n) is 3.24. The molecule has 3 nitrogen and oxygen atoms in total. The highest BCUT2D eigenvalue weighted by molar-refractivity contribution is 5.39. The summed E-state index contributed by atoms with van der Waals surface area (Å²) in [6.45, 7) is 3.02. The summed E-state index contributed by atoms with van der Waals surface area (Å²) in [5, 5.41) is 3.58. The van der Waals surface area contributed by atoms with Gasteiger partial charge in [-0.05, 0) is 50.3 Å². The highest BCUT2D eigenvalue weighted by Gasteiger charge is 2.29. The van der Waals surface area contributed by atoms with E-state index in [0.717, 1.165) is 31.8 Å². The van der Waals surface area contributed by atoms with Crippen molar-refractivity contribution in [1.29, 1.82) is 0 Å². The predicted octanol–water partition coefficient (Wildman–Crippen LogP) is 2.19. The summed E-state index contributed by atoms with van der Waals surface area (Å²) in [4.78, 5) is 6.24. The largest absolute Gasteiger partial charge is 0.354 e. The fraction of sp³-hybridized carbons (Fsp3) is 0.643. The number of hydrogen-bond acceptors (Lipinski definition) is 3. The van der Waals surface area contributed by atoms with Gasteiger partial charge >= 0.3 is 0 Å². The Kier molecular flexibility index (Phi) is 3.46. The summed E-state index contributed by atoms with van der Waals surface area (Å²) in [5.74, 6) is 1.08. The van der Waals surface area contributed by atoms with Crippen LogP contribution in [0.25, 0.3) is 0 Å². The first-order chi connectivity index (χ1) is 8.84. The van der Waals surface area contributed by atoms with Crippen LogP contribution in [-0.2, 0) is 0 Å². The van der Waals surface area contributed by atoms with Gasteiger partial charge in [0.05, 0.1) is 0 Å². The van der Waals surface area contributed by atoms with Gasteiger partial charge in [-0.15, -0.1) is 0 Å². The van der Waals surface area contributed by atoms with Crippen LogP contribution in [0, 0.1) is 11.7 Å². The van der Waals surface area contributed by atoms with Crippen LogP contribution in [0.2, 0.25) is 0 Å². The Labute approximate surface area is 107 Å². The Morgan fingerprint density at radius 1 is 1.28 bits per heavy atom. The molecule has 0 aliphatic carbocycles. The zero-order valence-corrected chi connectivity index (χ0v) is 10.6. The van der Waals surface area contributed by atoms with Gasteiger partial charge in [-0.25, -0.2) is 9.37 Å². The average molecular weight is 249 g/mol. The zero-order valence-electron chi connectivity index (χ0n) is 10.6. The molecule has 3 rings (SSSR count). The number of aromatic nitrogens is 1. The molecule has 18 heavy (non-hydrogen) atoms. The van der Waals surface area contributed by atoms with E-state index in [9.17, 15) is 4.39 Å². The lowest BCUT2D eigenvalue weighted by Crippen LogP contribution is -2.41. The predicted molar refractivity (Wildman–Crippen MR) is 70.2 cm³/mol. The van der Waals surface area contributed by atoms with E-state index in [-0.39, 0.29) is 5.82 Å². The van der Waals surface area contributed by atoms with Crippen LogP contribution in [0.1, 0.15) is 25.7 Å². The third-order valence-electron chi connectivity index (χ3n) is 4.25. The molecule has 1 atom stereocenters. The molecular weight excluding hydrogens is 229 g/mol. The molecule has 2 fully saturated rings. The summed E-state index contributed by atoms with van der Waals surface area (Å²) >= 11 is 0. The van der Waals surface area contributed by atoms with Crippen molar-refractivity contribution in [1.82, 2.24) is 10.3 Å². The highest BCUT2D eigenvalue weighted by atomic mass is 19.1. The molecule has 1 N–H and O–H groups in total. The molecule has 98 valence electrons. The van der Waals surface area contributed by atoms with Crippen LogP contribution in [-0.4, -0.2) is 30.7 Å². The molecule has 4 heteroatoms. The van der Waals surface area contributed by atoms with Gasteiger partial charge in [-0.2, -0.15) is 0 Å². The topological polar surface area (TPSA) is 28.2 Å². The lowest BCUT2D eigenvalue weighted by molar-refractivity contribution is 0.317. The average Bonchev–Trinajstić information content (AvgIpc) is 2.94. The standard InChI is InChI=1S/C14H20FN3/c15-12-3-1-8-17-14(12)18-9-5-11(6-10-18)13-4-2-7-16-13/h1,3,8,11,13,16H,2,4-7,9-10H2. The van der Waals surface area contributed by atoms with E-state index >= 15 is 0 Å². The quantitative estimate of drug-likeness (QED) is 0.871. The second kappa shape index (κ2) is 5.22. The first-order valence-corrected chi connectivity index (χ1v) is 6.93. The van der Waals surface area contributed by atoms with E-state index in [1.54, 1.807) is 12.3 Å². The highest BCUT2D eigenvalue weighted by Crippen LogP contribution is 2.28. The monoisotopic (exact) mass is 249 g/mol. The van der Waals surface area contributed by atoms with Crippen LogP contribution in [0.5, 0.6) is 0 Å². The van der Waals surface area contributed by atoms with Crippen LogP contribution in [0.4, 0.5) is 10.2 Å². The number of hydrogen-bond donors (Lipinski definition) is 1. The number of halogens is 1. The maximum absolute atomic E-state index is 13.7. The lowest BCUT2D eigenvalue weighted by Gasteiger charge is -2.35. The van der Waals surface area contributed by atoms with Crippen LogP contribution < -0.4 is 10.2 Å². The molecule has 0 radical (unpaired) electrons. The van der Waals surface area contributed by atoms with Crippen LogP contribution in [0.15, 0.2) is 18.3 Å². The summed E-state index contributed by atoms with van der Waals surface area (Å²) < 4.78 is 13.7. The number of nitrogens with one attached hydrogen (secondary N) is 1. The van der Waals surface area contributed by atoms with Gasteiger partial charge in [-0.1, -0.05) is 0 Å². The summed E-state index contributed by atoms with van der Waals surface area (Å²) in [6.07, 6.45) is 6.58. The van der Waals surface area contributed by atoms with Gasteiger partial charge in [0.25, 0.3) is 0 Å². The minimum Gasteiger partial charge on any atom is -0.354 e. The molecule has 0 amide bonds. The first-order valence-electron chi connectivity index (χ1n) is 6.93. The number of pyridine rings is 1. The molecule has 1 aromatic heterocycles. The van der Waals surface area contributed by atoms with E-state index in [1.165, 1.54) is 25.5 Å². The summed E-state index contributed by atoms with van der Waals surface area (Å²) in [6, 6.07) is 3.83. The number of nitrogens with zero attached hydrogens (tertiary/aromatic N) is 2. The molecule has 0 spiro atoms. The number of anilines is 1. The normalized spacial score (nSPS) is 25.6. The van der Waals surface area contributed by atoms with Crippen molar-refractivity contribution in [3.05, 3.63) is 24.1 Å². The molecule has 2 aliphatic rings. The second-order valence-electron chi connectivity index (χ2n) is 5.34. The molecule has 1 unspecified atom stereocenters. The van der Waals surface area contributed by atoms with E-state index in [2.05, 4.69) is 15.2 Å². The van der Waals surface area contributed by atoms with E-state index in [1.807, 2.05) is 0 Å². The molecular formula is C14H20FN3. The maximum atomic E-state index is 13.7. The van der Waals surface area contributed by atoms with Crippen molar-refractivity contribution in [3.63, 3.8) is 0 Å². The van der Waals surface area contributed by atoms with Gasteiger partial charge in [-0.3, -0.25) is 0 Å².